The highest BCUT2D eigenvalue weighted by Crippen LogP contribution is 2.34. The van der Waals surface area contributed by atoms with Gasteiger partial charge in [0.05, 0.1) is 18.7 Å². The van der Waals surface area contributed by atoms with E-state index in [-0.39, 0.29) is 18.5 Å². The maximum Gasteiger partial charge on any atom is 0.237 e. The predicted molar refractivity (Wildman–Crippen MR) is 142 cm³/mol. The molecule has 0 aliphatic carbocycles. The van der Waals surface area contributed by atoms with Crippen molar-refractivity contribution in [1.29, 1.82) is 0 Å². The molecule has 0 bridgehead atoms. The third-order valence-electron chi connectivity index (χ3n) is 6.79. The Labute approximate surface area is 213 Å². The molecule has 1 aromatic heterocycles. The summed E-state index contributed by atoms with van der Waals surface area (Å²) in [6.45, 7) is 8.89. The summed E-state index contributed by atoms with van der Waals surface area (Å²) in [6.07, 6.45) is 0.249. The number of nitrogens with zero attached hydrogens (tertiary/aromatic N) is 2. The fraction of sp³-hybridized carbons (Fsp3) is 0.414. The highest BCUT2D eigenvalue weighted by atomic mass is 32.1. The molecule has 0 radical (unpaired) electrons. The molecule has 5 nitrogen and oxygen atoms in total. The van der Waals surface area contributed by atoms with Gasteiger partial charge in [-0.1, -0.05) is 63.2 Å². The first-order valence-corrected chi connectivity index (χ1v) is 13.4. The molecule has 2 heterocycles. The van der Waals surface area contributed by atoms with Crippen molar-refractivity contribution in [3.05, 3.63) is 87.6 Å². The van der Waals surface area contributed by atoms with Crippen LogP contribution in [-0.2, 0) is 11.2 Å². The smallest absolute Gasteiger partial charge is 0.237 e. The lowest BCUT2D eigenvalue weighted by Crippen LogP contribution is -2.47. The molecule has 3 aromatic rings. The van der Waals surface area contributed by atoms with Crippen molar-refractivity contribution in [1.82, 2.24) is 9.80 Å². The Morgan fingerprint density at radius 2 is 1.86 bits per heavy atom. The minimum Gasteiger partial charge on any atom is -0.491 e. The highest BCUT2D eigenvalue weighted by Gasteiger charge is 2.33. The molecule has 2 atom stereocenters. The molecule has 2 aromatic carbocycles. The molecule has 1 N–H and O–H groups in total. The number of aliphatic hydroxyl groups is 1. The van der Waals surface area contributed by atoms with Crippen LogP contribution in [0.1, 0.15) is 60.4 Å². The Hall–Kier alpha value is -2.67. The molecule has 6 heteroatoms. The zero-order valence-electron chi connectivity index (χ0n) is 20.9. The molecule has 0 spiro atoms. The maximum atomic E-state index is 13.5. The molecule has 4 rings (SSSR count). The second-order valence-corrected chi connectivity index (χ2v) is 10.4. The van der Waals surface area contributed by atoms with Crippen LogP contribution in [0.4, 0.5) is 0 Å². The molecule has 186 valence electrons. The second-order valence-electron chi connectivity index (χ2n) is 9.44. The number of amides is 1. The highest BCUT2D eigenvalue weighted by molar-refractivity contribution is 7.10. The second kappa shape index (κ2) is 11.8. The van der Waals surface area contributed by atoms with Gasteiger partial charge >= 0.3 is 0 Å². The SMILES string of the molecule is CCN(CC(=O)N1CCc2sccc2C1COc1ccc(C(C)C)cc1)CC(O)c1ccccc1. The molecular formula is C29H36N2O3S. The standard InChI is InChI=1S/C29H36N2O3S/c1-4-30(18-27(32)23-8-6-5-7-9-23)19-29(33)31-16-14-28-25(15-17-35-28)26(31)20-34-24-12-10-22(11-13-24)21(2)3/h5-13,15,17,21,26-27,32H,4,14,16,18-20H2,1-3H3. The quantitative estimate of drug-likeness (QED) is 0.410. The monoisotopic (exact) mass is 492 g/mol. The van der Waals surface area contributed by atoms with E-state index in [0.717, 1.165) is 17.7 Å². The Morgan fingerprint density at radius 3 is 2.54 bits per heavy atom. The van der Waals surface area contributed by atoms with Crippen LogP contribution in [0.3, 0.4) is 0 Å². The zero-order chi connectivity index (χ0) is 24.8. The number of rotatable bonds is 10. The van der Waals surface area contributed by atoms with Gasteiger partial charge in [0.2, 0.25) is 5.91 Å². The van der Waals surface area contributed by atoms with Crippen molar-refractivity contribution in [3.8, 4) is 5.75 Å². The summed E-state index contributed by atoms with van der Waals surface area (Å²) in [5.74, 6) is 1.38. The van der Waals surface area contributed by atoms with Crippen molar-refractivity contribution in [3.63, 3.8) is 0 Å². The van der Waals surface area contributed by atoms with Crippen LogP contribution < -0.4 is 4.74 Å². The van der Waals surface area contributed by atoms with E-state index in [2.05, 4.69) is 37.4 Å². The van der Waals surface area contributed by atoms with Gasteiger partial charge in [0, 0.05) is 18.0 Å². The van der Waals surface area contributed by atoms with Gasteiger partial charge in [0.15, 0.2) is 0 Å². The summed E-state index contributed by atoms with van der Waals surface area (Å²) in [6, 6.07) is 19.9. The van der Waals surface area contributed by atoms with Gasteiger partial charge in [-0.05, 0) is 59.2 Å². The van der Waals surface area contributed by atoms with Gasteiger partial charge in [0.25, 0.3) is 0 Å². The predicted octanol–water partition coefficient (Wildman–Crippen LogP) is 5.43. The zero-order valence-corrected chi connectivity index (χ0v) is 21.7. The Balaban J connectivity index is 1.43. The number of benzene rings is 2. The van der Waals surface area contributed by atoms with E-state index in [0.29, 0.717) is 32.2 Å². The number of fused-ring (bicyclic) bond motifs is 1. The van der Waals surface area contributed by atoms with Crippen molar-refractivity contribution in [2.24, 2.45) is 0 Å². The lowest BCUT2D eigenvalue weighted by Gasteiger charge is -2.37. The summed E-state index contributed by atoms with van der Waals surface area (Å²) >= 11 is 1.76. The summed E-state index contributed by atoms with van der Waals surface area (Å²) in [7, 11) is 0. The van der Waals surface area contributed by atoms with Crippen LogP contribution >= 0.6 is 11.3 Å². The fourth-order valence-electron chi connectivity index (χ4n) is 4.61. The average molecular weight is 493 g/mol. The van der Waals surface area contributed by atoms with Gasteiger partial charge in [0.1, 0.15) is 12.4 Å². The largest absolute Gasteiger partial charge is 0.491 e. The van der Waals surface area contributed by atoms with Crippen molar-refractivity contribution < 1.29 is 14.6 Å². The van der Waals surface area contributed by atoms with Crippen LogP contribution in [-0.4, -0.2) is 53.6 Å². The minimum atomic E-state index is -0.623. The normalized spacial score (nSPS) is 16.4. The van der Waals surface area contributed by atoms with Gasteiger partial charge in [-0.2, -0.15) is 0 Å². The van der Waals surface area contributed by atoms with Crippen LogP contribution in [0.15, 0.2) is 66.0 Å². The van der Waals surface area contributed by atoms with Crippen LogP contribution in [0.2, 0.25) is 0 Å². The molecule has 1 amide bonds. The van der Waals surface area contributed by atoms with Crippen molar-refractivity contribution >= 4 is 17.2 Å². The first-order valence-electron chi connectivity index (χ1n) is 12.5. The van der Waals surface area contributed by atoms with E-state index < -0.39 is 6.10 Å². The maximum absolute atomic E-state index is 13.5. The number of likely N-dealkylation sites (N-methyl/N-ethyl adjacent to an activating group) is 1. The van der Waals surface area contributed by atoms with E-state index in [1.807, 2.05) is 59.2 Å². The van der Waals surface area contributed by atoms with Gasteiger partial charge in [-0.25, -0.2) is 0 Å². The van der Waals surface area contributed by atoms with E-state index in [9.17, 15) is 9.90 Å². The summed E-state index contributed by atoms with van der Waals surface area (Å²) in [4.78, 5) is 18.8. The Morgan fingerprint density at radius 1 is 1.11 bits per heavy atom. The van der Waals surface area contributed by atoms with Crippen molar-refractivity contribution in [2.45, 2.75) is 45.3 Å². The lowest BCUT2D eigenvalue weighted by molar-refractivity contribution is -0.136. The first kappa shape index (κ1) is 25.4. The molecule has 0 saturated carbocycles. The van der Waals surface area contributed by atoms with E-state index in [1.165, 1.54) is 16.0 Å². The number of thiophene rings is 1. The number of carbonyl (C=O) groups excluding carboxylic acids is 1. The van der Waals surface area contributed by atoms with Crippen LogP contribution in [0.5, 0.6) is 5.75 Å². The van der Waals surface area contributed by atoms with Gasteiger partial charge < -0.3 is 14.7 Å². The summed E-state index contributed by atoms with van der Waals surface area (Å²) in [5, 5.41) is 12.8. The van der Waals surface area contributed by atoms with Crippen LogP contribution in [0.25, 0.3) is 0 Å². The fourth-order valence-corrected chi connectivity index (χ4v) is 5.54. The third kappa shape index (κ3) is 6.31. The van der Waals surface area contributed by atoms with E-state index in [1.54, 1.807) is 11.3 Å². The number of hydrogen-bond acceptors (Lipinski definition) is 5. The number of hydrogen-bond donors (Lipinski definition) is 1. The summed E-state index contributed by atoms with van der Waals surface area (Å²) < 4.78 is 6.20. The van der Waals surface area contributed by atoms with Crippen LogP contribution in [0, 0.1) is 0 Å². The third-order valence-corrected chi connectivity index (χ3v) is 7.79. The number of aliphatic hydroxyl groups excluding tert-OH is 1. The van der Waals surface area contributed by atoms with Gasteiger partial charge in [-0.3, -0.25) is 9.69 Å². The molecule has 1 aliphatic rings. The number of carbonyl (C=O) groups is 1. The molecular weight excluding hydrogens is 456 g/mol. The molecule has 1 aliphatic heterocycles. The van der Waals surface area contributed by atoms with Gasteiger partial charge in [-0.15, -0.1) is 11.3 Å². The molecule has 35 heavy (non-hydrogen) atoms. The average Bonchev–Trinajstić information content (AvgIpc) is 3.36. The molecule has 0 saturated heterocycles. The Kier molecular flexibility index (Phi) is 8.60. The van der Waals surface area contributed by atoms with Crippen molar-refractivity contribution in [2.75, 3.05) is 32.8 Å². The van der Waals surface area contributed by atoms with E-state index in [4.69, 9.17) is 4.74 Å². The van der Waals surface area contributed by atoms with E-state index >= 15 is 0 Å². The minimum absolute atomic E-state index is 0.0766. The number of ether oxygens (including phenoxy) is 1. The topological polar surface area (TPSA) is 53.0 Å². The lowest BCUT2D eigenvalue weighted by atomic mass is 10.00. The molecule has 0 fully saturated rings. The Bertz CT molecular complexity index is 1080. The molecule has 2 unspecified atom stereocenters. The first-order chi connectivity index (χ1) is 17.0. The summed E-state index contributed by atoms with van der Waals surface area (Å²) in [5.41, 5.74) is 3.35.